The standard InChI is InChI=1S/C23H31NO9/c1-13-7-6-8-16(25)21-18(32-23(2,3)33-21)11-19(26)24-15-9-14(29-5)10-17(30-12-28-4)20(15)22(27)31-13/h6,8-10,13,16,18,21,25H,7,11-12H2,1-5H3,(H,24,26)/b8-6-/t13-,16?,18-,21+/m0/s1. The summed E-state index contributed by atoms with van der Waals surface area (Å²) in [6.07, 6.45) is 0.541. The van der Waals surface area contributed by atoms with E-state index in [1.54, 1.807) is 32.9 Å². The molecule has 0 aliphatic carbocycles. The highest BCUT2D eigenvalue weighted by molar-refractivity contribution is 6.04. The Hall–Kier alpha value is -2.66. The highest BCUT2D eigenvalue weighted by Crippen LogP contribution is 2.36. The van der Waals surface area contributed by atoms with Crippen LogP contribution in [0, 0.1) is 0 Å². The average molecular weight is 465 g/mol. The number of rotatable bonds is 4. The second kappa shape index (κ2) is 10.5. The van der Waals surface area contributed by atoms with E-state index in [9.17, 15) is 14.7 Å². The molecule has 1 amide bonds. The average Bonchev–Trinajstić information content (AvgIpc) is 3.04. The van der Waals surface area contributed by atoms with E-state index >= 15 is 0 Å². The van der Waals surface area contributed by atoms with Crippen LogP contribution in [0.4, 0.5) is 5.69 Å². The summed E-state index contributed by atoms with van der Waals surface area (Å²) in [6.45, 7) is 5.04. The number of fused-ring (bicyclic) bond motifs is 2. The molecule has 0 aromatic heterocycles. The van der Waals surface area contributed by atoms with Crippen LogP contribution in [0.5, 0.6) is 11.5 Å². The third-order valence-electron chi connectivity index (χ3n) is 5.18. The smallest absolute Gasteiger partial charge is 0.344 e. The topological polar surface area (TPSA) is 122 Å². The van der Waals surface area contributed by atoms with E-state index in [0.29, 0.717) is 12.2 Å². The van der Waals surface area contributed by atoms with Crippen molar-refractivity contribution >= 4 is 17.6 Å². The lowest BCUT2D eigenvalue weighted by atomic mass is 10.0. The molecular weight excluding hydrogens is 434 g/mol. The fourth-order valence-electron chi connectivity index (χ4n) is 3.76. The molecule has 2 aliphatic heterocycles. The molecule has 0 bridgehead atoms. The van der Waals surface area contributed by atoms with Gasteiger partial charge in [0.25, 0.3) is 0 Å². The van der Waals surface area contributed by atoms with Crippen molar-refractivity contribution in [3.05, 3.63) is 29.8 Å². The number of hydrogen-bond donors (Lipinski definition) is 2. The van der Waals surface area contributed by atoms with Crippen LogP contribution in [0.25, 0.3) is 0 Å². The van der Waals surface area contributed by atoms with Crippen molar-refractivity contribution in [2.75, 3.05) is 26.3 Å². The zero-order valence-electron chi connectivity index (χ0n) is 19.5. The summed E-state index contributed by atoms with van der Waals surface area (Å²) in [7, 11) is 2.90. The Kier molecular flexibility index (Phi) is 7.96. The third kappa shape index (κ3) is 6.23. The van der Waals surface area contributed by atoms with Crippen molar-refractivity contribution in [3.63, 3.8) is 0 Å². The molecule has 182 valence electrons. The molecule has 1 aromatic carbocycles. The van der Waals surface area contributed by atoms with Gasteiger partial charge in [-0.05, 0) is 20.8 Å². The van der Waals surface area contributed by atoms with Crippen LogP contribution in [0.15, 0.2) is 24.3 Å². The fourth-order valence-corrected chi connectivity index (χ4v) is 3.76. The van der Waals surface area contributed by atoms with Crippen LogP contribution in [0.1, 0.15) is 44.0 Å². The molecule has 4 atom stereocenters. The van der Waals surface area contributed by atoms with Gasteiger partial charge in [0.2, 0.25) is 5.91 Å². The van der Waals surface area contributed by atoms with Gasteiger partial charge in [0.15, 0.2) is 12.6 Å². The molecule has 3 rings (SSSR count). The van der Waals surface area contributed by atoms with Crippen molar-refractivity contribution in [2.24, 2.45) is 0 Å². The quantitative estimate of drug-likeness (QED) is 0.392. The van der Waals surface area contributed by atoms with Crippen molar-refractivity contribution in [3.8, 4) is 11.5 Å². The summed E-state index contributed by atoms with van der Waals surface area (Å²) in [5.41, 5.74) is 0.195. The van der Waals surface area contributed by atoms with Crippen molar-refractivity contribution in [2.45, 2.75) is 63.8 Å². The number of esters is 1. The minimum Gasteiger partial charge on any atom is -0.497 e. The first-order chi connectivity index (χ1) is 15.6. The summed E-state index contributed by atoms with van der Waals surface area (Å²) < 4.78 is 33.1. The molecule has 1 fully saturated rings. The second-order valence-corrected chi connectivity index (χ2v) is 8.36. The number of nitrogens with one attached hydrogen (secondary N) is 1. The predicted molar refractivity (Wildman–Crippen MR) is 117 cm³/mol. The number of carbonyl (C=O) groups excluding carboxylic acids is 2. The van der Waals surface area contributed by atoms with Gasteiger partial charge in [-0.25, -0.2) is 4.79 Å². The van der Waals surface area contributed by atoms with Gasteiger partial charge in [0, 0.05) is 25.7 Å². The first kappa shape index (κ1) is 25.0. The van der Waals surface area contributed by atoms with E-state index in [1.807, 2.05) is 0 Å². The van der Waals surface area contributed by atoms with Crippen LogP contribution in [0.2, 0.25) is 0 Å². The molecular formula is C23H31NO9. The van der Waals surface area contributed by atoms with Crippen molar-refractivity contribution < 1.29 is 43.1 Å². The second-order valence-electron chi connectivity index (χ2n) is 8.36. The Morgan fingerprint density at radius 2 is 1.97 bits per heavy atom. The van der Waals surface area contributed by atoms with Gasteiger partial charge in [-0.15, -0.1) is 0 Å². The maximum atomic E-state index is 13.1. The Labute approximate surface area is 192 Å². The monoisotopic (exact) mass is 465 g/mol. The summed E-state index contributed by atoms with van der Waals surface area (Å²) in [6, 6.07) is 3.02. The third-order valence-corrected chi connectivity index (χ3v) is 5.18. The molecule has 1 unspecified atom stereocenters. The van der Waals surface area contributed by atoms with E-state index in [2.05, 4.69) is 5.32 Å². The molecule has 2 N–H and O–H groups in total. The van der Waals surface area contributed by atoms with Gasteiger partial charge in [0.05, 0.1) is 25.3 Å². The maximum Gasteiger partial charge on any atom is 0.344 e. The normalized spacial score (nSPS) is 28.5. The van der Waals surface area contributed by atoms with E-state index in [4.69, 9.17) is 28.4 Å². The highest BCUT2D eigenvalue weighted by Gasteiger charge is 2.45. The number of anilines is 1. The van der Waals surface area contributed by atoms with E-state index in [-0.39, 0.29) is 30.2 Å². The van der Waals surface area contributed by atoms with E-state index < -0.39 is 42.1 Å². The zero-order valence-corrected chi connectivity index (χ0v) is 19.5. The first-order valence-corrected chi connectivity index (χ1v) is 10.7. The number of aliphatic hydroxyl groups is 1. The minimum atomic E-state index is -1.00. The van der Waals surface area contributed by atoms with Crippen LogP contribution >= 0.6 is 0 Å². The van der Waals surface area contributed by atoms with E-state index in [0.717, 1.165) is 0 Å². The molecule has 1 aromatic rings. The van der Waals surface area contributed by atoms with Crippen LogP contribution in [-0.4, -0.2) is 68.2 Å². The van der Waals surface area contributed by atoms with Crippen molar-refractivity contribution in [1.82, 2.24) is 0 Å². The molecule has 10 nitrogen and oxygen atoms in total. The SMILES string of the molecule is COCOc1cc(OC)cc2c1C(=O)O[C@@H](C)C/C=C\C(O)[C@H]1OC(C)(C)O[C@H]1CC(=O)N2. The molecule has 0 saturated carbocycles. The van der Waals surface area contributed by atoms with Crippen LogP contribution in [-0.2, 0) is 23.7 Å². The lowest BCUT2D eigenvalue weighted by Gasteiger charge is -2.22. The van der Waals surface area contributed by atoms with E-state index in [1.165, 1.54) is 26.4 Å². The molecule has 0 spiro atoms. The van der Waals surface area contributed by atoms with Gasteiger partial charge >= 0.3 is 5.97 Å². The summed E-state index contributed by atoms with van der Waals surface area (Å²) in [5.74, 6) is -1.60. The Morgan fingerprint density at radius 3 is 2.67 bits per heavy atom. The molecule has 10 heteroatoms. The minimum absolute atomic E-state index is 0.0367. The molecule has 2 aliphatic rings. The molecule has 2 heterocycles. The lowest BCUT2D eigenvalue weighted by molar-refractivity contribution is -0.153. The van der Waals surface area contributed by atoms with Crippen LogP contribution < -0.4 is 14.8 Å². The summed E-state index contributed by atoms with van der Waals surface area (Å²) >= 11 is 0. The maximum absolute atomic E-state index is 13.1. The zero-order chi connectivity index (χ0) is 24.2. The van der Waals surface area contributed by atoms with Gasteiger partial charge in [-0.2, -0.15) is 0 Å². The summed E-state index contributed by atoms with van der Waals surface area (Å²) in [5, 5.41) is 13.3. The Morgan fingerprint density at radius 1 is 1.21 bits per heavy atom. The lowest BCUT2D eigenvalue weighted by Crippen LogP contribution is -2.36. The first-order valence-electron chi connectivity index (χ1n) is 10.7. The number of amides is 1. The molecule has 0 radical (unpaired) electrons. The number of aliphatic hydroxyl groups excluding tert-OH is 1. The van der Waals surface area contributed by atoms with Crippen LogP contribution in [0.3, 0.4) is 0 Å². The molecule has 33 heavy (non-hydrogen) atoms. The van der Waals surface area contributed by atoms with Crippen molar-refractivity contribution in [1.29, 1.82) is 0 Å². The number of methoxy groups -OCH3 is 2. The number of cyclic esters (lactones) is 1. The van der Waals surface area contributed by atoms with Gasteiger partial charge < -0.3 is 38.8 Å². The van der Waals surface area contributed by atoms with Gasteiger partial charge in [-0.3, -0.25) is 4.79 Å². The fraction of sp³-hybridized carbons (Fsp3) is 0.565. The number of ether oxygens (including phenoxy) is 6. The number of carbonyl (C=O) groups is 2. The summed E-state index contributed by atoms with van der Waals surface area (Å²) in [4.78, 5) is 26.0. The predicted octanol–water partition coefficient (Wildman–Crippen LogP) is 2.39. The number of benzene rings is 1. The molecule has 1 saturated heterocycles. The Bertz CT molecular complexity index is 898. The van der Waals surface area contributed by atoms with Gasteiger partial charge in [0.1, 0.15) is 35.4 Å². The number of hydrogen-bond acceptors (Lipinski definition) is 9. The largest absolute Gasteiger partial charge is 0.497 e. The Balaban J connectivity index is 2.02. The van der Waals surface area contributed by atoms with Gasteiger partial charge in [-0.1, -0.05) is 12.2 Å². The highest BCUT2D eigenvalue weighted by atomic mass is 16.8.